The molecule has 38 heavy (non-hydrogen) atoms. The fourth-order valence-corrected chi connectivity index (χ4v) is 4.81. The van der Waals surface area contributed by atoms with Gasteiger partial charge in [-0.2, -0.15) is 0 Å². The van der Waals surface area contributed by atoms with E-state index in [0.717, 1.165) is 21.8 Å². The van der Waals surface area contributed by atoms with Crippen LogP contribution in [0.2, 0.25) is 0 Å². The molecule has 13 heteroatoms. The summed E-state index contributed by atoms with van der Waals surface area (Å²) in [6.07, 6.45) is 5.01. The number of H-pyrrole nitrogens is 2. The lowest BCUT2D eigenvalue weighted by Gasteiger charge is -2.30. The second-order valence-electron chi connectivity index (χ2n) is 9.20. The van der Waals surface area contributed by atoms with Crippen LogP contribution in [-0.2, 0) is 21.2 Å². The molecule has 4 aromatic rings. The zero-order valence-corrected chi connectivity index (χ0v) is 22.8. The summed E-state index contributed by atoms with van der Waals surface area (Å²) in [6, 6.07) is 9.83. The van der Waals surface area contributed by atoms with Crippen LogP contribution in [0.15, 0.2) is 47.5 Å². The zero-order chi connectivity index (χ0) is 26.3. The molecular weight excluding hydrogens is 532 g/mol. The molecule has 0 amide bonds. The van der Waals surface area contributed by atoms with Crippen LogP contribution in [-0.4, -0.2) is 67.5 Å². The summed E-state index contributed by atoms with van der Waals surface area (Å²) >= 11 is 0. The van der Waals surface area contributed by atoms with Gasteiger partial charge in [-0.1, -0.05) is 29.8 Å². The first-order valence-corrected chi connectivity index (χ1v) is 13.7. The van der Waals surface area contributed by atoms with Gasteiger partial charge in [0.25, 0.3) is 0 Å². The molecule has 1 fully saturated rings. The van der Waals surface area contributed by atoms with E-state index in [1.807, 2.05) is 36.1 Å². The Morgan fingerprint density at radius 1 is 1.21 bits per heavy atom. The van der Waals surface area contributed by atoms with Gasteiger partial charge in [0.1, 0.15) is 11.9 Å². The monoisotopic (exact) mass is 560 g/mol. The van der Waals surface area contributed by atoms with Gasteiger partial charge in [-0.25, -0.2) is 23.4 Å². The number of aromatic nitrogens is 4. The largest absolute Gasteiger partial charge is 1.00 e. The third-order valence-corrected chi connectivity index (χ3v) is 7.70. The standard InChI is InChI=1S/C25H28N6O5S.ClH/c1-16-4-6-17(7-5-16)12-18-14-26-23(27-18)21-22(32)25(33)31-15-19(30-8-10-36-11-9-30)13-20(24(31)28-21)29(2)37(3,34)35;/h4-7,13-15,32H,8-12H2,1-3H3,(H,26,27);1H. The Kier molecular flexibility index (Phi) is 7.68. The summed E-state index contributed by atoms with van der Waals surface area (Å²) in [6.45, 7) is 4.22. The molecule has 0 radical (unpaired) electrons. The number of rotatable bonds is 6. The number of halogens is 1. The number of anilines is 2. The molecule has 11 nitrogen and oxygen atoms in total. The van der Waals surface area contributed by atoms with Crippen LogP contribution in [0.1, 0.15) is 16.8 Å². The van der Waals surface area contributed by atoms with Gasteiger partial charge < -0.3 is 27.2 Å². The molecule has 1 aliphatic rings. The van der Waals surface area contributed by atoms with Gasteiger partial charge in [0, 0.05) is 32.8 Å². The van der Waals surface area contributed by atoms with E-state index in [4.69, 9.17) is 4.74 Å². The molecular formula is C25H29ClN6O5S. The van der Waals surface area contributed by atoms with E-state index in [9.17, 15) is 18.3 Å². The van der Waals surface area contributed by atoms with Crippen molar-refractivity contribution in [3.63, 3.8) is 0 Å². The number of imidazole rings is 1. The number of nitrogens with zero attached hydrogens (tertiary/aromatic N) is 4. The Hall–Kier alpha value is -3.61. The van der Waals surface area contributed by atoms with Gasteiger partial charge >= 0.3 is 11.4 Å². The summed E-state index contributed by atoms with van der Waals surface area (Å²) < 4.78 is 32.7. The molecule has 1 aromatic carbocycles. The number of benzene rings is 1. The molecule has 4 heterocycles. The third-order valence-electron chi connectivity index (χ3n) is 6.51. The minimum atomic E-state index is -3.67. The number of aryl methyl sites for hydroxylation is 1. The lowest BCUT2D eigenvalue weighted by atomic mass is 10.1. The van der Waals surface area contributed by atoms with Crippen molar-refractivity contribution in [2.45, 2.75) is 13.3 Å². The molecule has 3 N–H and O–H groups in total. The van der Waals surface area contributed by atoms with Gasteiger partial charge in [-0.3, -0.25) is 13.5 Å². The molecule has 3 aromatic heterocycles. The summed E-state index contributed by atoms with van der Waals surface area (Å²) in [5.41, 5.74) is 3.34. The predicted octanol–water partition coefficient (Wildman–Crippen LogP) is -1.66. The van der Waals surface area contributed by atoms with Crippen molar-refractivity contribution < 1.29 is 35.7 Å². The molecule has 0 spiro atoms. The SMILES string of the molecule is Cc1ccc(Cc2c[nH+]c(-c3nc4c(N(C)S(C)(=O)=O)cc(N5CCOCC5)cn4c(=O)c3O)[nH]2)cc1.[Cl-]. The fourth-order valence-electron chi connectivity index (χ4n) is 4.32. The number of ether oxygens (including phenoxy) is 1. The van der Waals surface area contributed by atoms with Crippen LogP contribution in [0.4, 0.5) is 11.4 Å². The molecule has 0 bridgehead atoms. The smallest absolute Gasteiger partial charge is 0.307 e. The minimum Gasteiger partial charge on any atom is -1.00 e. The number of fused-ring (bicyclic) bond motifs is 1. The van der Waals surface area contributed by atoms with Crippen LogP contribution in [0.25, 0.3) is 17.2 Å². The van der Waals surface area contributed by atoms with Crippen LogP contribution in [0, 0.1) is 6.92 Å². The Morgan fingerprint density at radius 2 is 1.89 bits per heavy atom. The van der Waals surface area contributed by atoms with Gasteiger partial charge in [0.05, 0.1) is 30.8 Å². The quantitative estimate of drug-likeness (QED) is 0.288. The van der Waals surface area contributed by atoms with E-state index in [-0.39, 0.29) is 29.4 Å². The predicted molar refractivity (Wildman–Crippen MR) is 140 cm³/mol. The zero-order valence-electron chi connectivity index (χ0n) is 21.2. The van der Waals surface area contributed by atoms with E-state index in [1.165, 1.54) is 17.0 Å². The Bertz CT molecular complexity index is 1630. The van der Waals surface area contributed by atoms with E-state index < -0.39 is 21.3 Å². The van der Waals surface area contributed by atoms with Crippen molar-refractivity contribution in [1.29, 1.82) is 0 Å². The number of morpholine rings is 1. The van der Waals surface area contributed by atoms with Crippen molar-refractivity contribution in [2.24, 2.45) is 0 Å². The lowest BCUT2D eigenvalue weighted by molar-refractivity contribution is -0.362. The Labute approximate surface area is 226 Å². The molecule has 1 aliphatic heterocycles. The number of nitrogens with one attached hydrogen (secondary N) is 2. The summed E-state index contributed by atoms with van der Waals surface area (Å²) in [7, 11) is -2.26. The molecule has 5 rings (SSSR count). The molecule has 202 valence electrons. The summed E-state index contributed by atoms with van der Waals surface area (Å²) in [5.74, 6) is -0.214. The van der Waals surface area contributed by atoms with E-state index >= 15 is 0 Å². The highest BCUT2D eigenvalue weighted by atomic mass is 35.5. The number of aromatic hydroxyl groups is 1. The maximum atomic E-state index is 13.3. The first-order chi connectivity index (χ1) is 17.6. The highest BCUT2D eigenvalue weighted by molar-refractivity contribution is 7.92. The fraction of sp³-hybridized carbons (Fsp3) is 0.320. The van der Waals surface area contributed by atoms with Gasteiger partial charge in [-0.05, 0) is 18.6 Å². The lowest BCUT2D eigenvalue weighted by Crippen LogP contribution is -3.00. The van der Waals surface area contributed by atoms with Crippen LogP contribution in [0.5, 0.6) is 5.75 Å². The molecule has 0 atom stereocenters. The number of aromatic amines is 2. The Balaban J connectivity index is 0.00000336. The van der Waals surface area contributed by atoms with E-state index in [1.54, 1.807) is 18.5 Å². The number of hydrogen-bond donors (Lipinski definition) is 2. The Morgan fingerprint density at radius 3 is 2.55 bits per heavy atom. The van der Waals surface area contributed by atoms with Gasteiger partial charge in [0.15, 0.2) is 5.65 Å². The maximum Gasteiger partial charge on any atom is 0.307 e. The molecule has 0 aliphatic carbocycles. The average molecular weight is 561 g/mol. The summed E-state index contributed by atoms with van der Waals surface area (Å²) in [5, 5.41) is 10.9. The van der Waals surface area contributed by atoms with Crippen molar-refractivity contribution >= 4 is 27.0 Å². The van der Waals surface area contributed by atoms with Crippen molar-refractivity contribution in [2.75, 3.05) is 48.8 Å². The van der Waals surface area contributed by atoms with Gasteiger partial charge in [0.2, 0.25) is 21.5 Å². The second-order valence-corrected chi connectivity index (χ2v) is 11.2. The molecule has 1 saturated heterocycles. The first-order valence-electron chi connectivity index (χ1n) is 11.8. The second kappa shape index (κ2) is 10.6. The number of sulfonamides is 1. The maximum absolute atomic E-state index is 13.3. The third kappa shape index (κ3) is 5.33. The van der Waals surface area contributed by atoms with E-state index in [0.29, 0.717) is 44.2 Å². The van der Waals surface area contributed by atoms with Crippen molar-refractivity contribution in [3.8, 4) is 17.3 Å². The number of pyridine rings is 1. The highest BCUT2D eigenvalue weighted by Gasteiger charge is 2.26. The molecule has 0 unspecified atom stereocenters. The highest BCUT2D eigenvalue weighted by Crippen LogP contribution is 2.30. The minimum absolute atomic E-state index is 0. The molecule has 0 saturated carbocycles. The average Bonchev–Trinajstić information content (AvgIpc) is 3.34. The van der Waals surface area contributed by atoms with Crippen molar-refractivity contribution in [3.05, 3.63) is 69.9 Å². The van der Waals surface area contributed by atoms with Crippen LogP contribution in [0.3, 0.4) is 0 Å². The topological polar surface area (TPSA) is 134 Å². The number of hydrogen-bond acceptors (Lipinski definition) is 7. The van der Waals surface area contributed by atoms with Crippen LogP contribution < -0.4 is 32.2 Å². The van der Waals surface area contributed by atoms with Gasteiger partial charge in [-0.15, -0.1) is 0 Å². The van der Waals surface area contributed by atoms with Crippen LogP contribution >= 0.6 is 0 Å². The van der Waals surface area contributed by atoms with E-state index in [2.05, 4.69) is 15.0 Å². The first kappa shape index (κ1) is 27.4. The normalized spacial score (nSPS) is 13.9. The summed E-state index contributed by atoms with van der Waals surface area (Å²) in [4.78, 5) is 26.1. The van der Waals surface area contributed by atoms with Crippen molar-refractivity contribution in [1.82, 2.24) is 14.4 Å².